The number of aryl methyl sites for hydroxylation is 1. The van der Waals surface area contributed by atoms with Gasteiger partial charge in [-0.05, 0) is 30.0 Å². The van der Waals surface area contributed by atoms with Gasteiger partial charge in [0.1, 0.15) is 6.04 Å². The van der Waals surface area contributed by atoms with Crippen molar-refractivity contribution >= 4 is 11.8 Å². The maximum atomic E-state index is 13.0. The fraction of sp³-hybridized carbons (Fsp3) is 0.300. The molecule has 0 aliphatic carbocycles. The summed E-state index contributed by atoms with van der Waals surface area (Å²) in [4.78, 5) is 23.7. The van der Waals surface area contributed by atoms with Crippen molar-refractivity contribution < 1.29 is 28.7 Å². The van der Waals surface area contributed by atoms with Crippen LogP contribution >= 0.6 is 0 Å². The molecule has 0 aliphatic heterocycles. The monoisotopic (exact) mass is 392 g/mol. The molecule has 2 rings (SSSR count). The van der Waals surface area contributed by atoms with Crippen molar-refractivity contribution in [3.05, 3.63) is 60.2 Å². The van der Waals surface area contributed by atoms with E-state index in [4.69, 9.17) is 5.21 Å². The summed E-state index contributed by atoms with van der Waals surface area (Å²) in [5.41, 5.74) is 1.26. The number of hydroxylamine groups is 1. The van der Waals surface area contributed by atoms with Gasteiger partial charge < -0.3 is 10.4 Å². The van der Waals surface area contributed by atoms with Crippen LogP contribution in [-0.4, -0.2) is 40.2 Å². The molecule has 2 unspecified atom stereocenters. The summed E-state index contributed by atoms with van der Waals surface area (Å²) < 4.78 is 26.0. The van der Waals surface area contributed by atoms with Gasteiger partial charge in [-0.1, -0.05) is 54.6 Å². The van der Waals surface area contributed by atoms with Crippen LogP contribution in [0, 0.1) is 0 Å². The van der Waals surface area contributed by atoms with Crippen LogP contribution in [0.2, 0.25) is 0 Å². The molecule has 0 bridgehead atoms. The number of rotatable bonds is 8. The van der Waals surface area contributed by atoms with Crippen LogP contribution < -0.4 is 10.8 Å². The lowest BCUT2D eigenvalue weighted by molar-refractivity contribution is -0.154. The highest BCUT2D eigenvalue weighted by Gasteiger charge is 2.46. The Hall–Kier alpha value is -2.84. The van der Waals surface area contributed by atoms with Crippen LogP contribution in [0.4, 0.5) is 8.78 Å². The zero-order chi connectivity index (χ0) is 20.7. The van der Waals surface area contributed by atoms with E-state index in [-0.39, 0.29) is 6.42 Å². The Morgan fingerprint density at radius 1 is 1.04 bits per heavy atom. The number of aliphatic hydroxyl groups is 1. The molecule has 4 N–H and O–H groups in total. The minimum Gasteiger partial charge on any atom is -0.381 e. The first-order chi connectivity index (χ1) is 13.3. The maximum Gasteiger partial charge on any atom is 0.269 e. The van der Waals surface area contributed by atoms with E-state index < -0.39 is 29.9 Å². The number of nitrogens with one attached hydrogen (secondary N) is 2. The highest BCUT2D eigenvalue weighted by Crippen LogP contribution is 2.21. The van der Waals surface area contributed by atoms with Crippen molar-refractivity contribution in [2.24, 2.45) is 0 Å². The molecule has 0 fully saturated rings. The molecule has 0 saturated carbocycles. The Labute approximate surface area is 161 Å². The second-order valence-corrected chi connectivity index (χ2v) is 6.57. The van der Waals surface area contributed by atoms with Crippen LogP contribution in [0.5, 0.6) is 0 Å². The predicted molar refractivity (Wildman–Crippen MR) is 98.7 cm³/mol. The van der Waals surface area contributed by atoms with E-state index in [9.17, 15) is 23.5 Å². The minimum absolute atomic E-state index is 0.0841. The van der Waals surface area contributed by atoms with Crippen molar-refractivity contribution in [3.8, 4) is 11.1 Å². The number of amides is 2. The number of alkyl halides is 2. The van der Waals surface area contributed by atoms with Crippen molar-refractivity contribution in [2.75, 3.05) is 0 Å². The predicted octanol–water partition coefficient (Wildman–Crippen LogP) is 2.29. The van der Waals surface area contributed by atoms with E-state index in [1.165, 1.54) is 5.48 Å². The number of hydrogen-bond donors (Lipinski definition) is 4. The largest absolute Gasteiger partial charge is 0.381 e. The summed E-state index contributed by atoms with van der Waals surface area (Å²) in [6.45, 7) is 0.708. The SMILES string of the molecule is CC(O)(C(F)F)C(NC(=O)CCc1ccc(-c2ccccc2)cc1)C(=O)NO. The van der Waals surface area contributed by atoms with Gasteiger partial charge in [-0.15, -0.1) is 0 Å². The average molecular weight is 392 g/mol. The van der Waals surface area contributed by atoms with Crippen molar-refractivity contribution in [3.63, 3.8) is 0 Å². The highest BCUT2D eigenvalue weighted by molar-refractivity contribution is 5.88. The minimum atomic E-state index is -3.30. The maximum absolute atomic E-state index is 13.0. The second-order valence-electron chi connectivity index (χ2n) is 6.57. The molecule has 0 aromatic heterocycles. The topological polar surface area (TPSA) is 98.7 Å². The molecular formula is C20H22F2N2O4. The Kier molecular flexibility index (Phi) is 7.19. The molecule has 28 heavy (non-hydrogen) atoms. The van der Waals surface area contributed by atoms with Crippen LogP contribution in [0.1, 0.15) is 18.9 Å². The van der Waals surface area contributed by atoms with Crippen LogP contribution in [0.15, 0.2) is 54.6 Å². The number of benzene rings is 2. The smallest absolute Gasteiger partial charge is 0.269 e. The summed E-state index contributed by atoms with van der Waals surface area (Å²) in [5, 5.41) is 20.5. The van der Waals surface area contributed by atoms with Crippen LogP contribution in [-0.2, 0) is 16.0 Å². The second kappa shape index (κ2) is 9.38. The fourth-order valence-corrected chi connectivity index (χ4v) is 2.65. The molecule has 6 nitrogen and oxygen atoms in total. The van der Waals surface area contributed by atoms with Gasteiger partial charge in [0, 0.05) is 6.42 Å². The summed E-state index contributed by atoms with van der Waals surface area (Å²) in [6, 6.07) is 15.3. The first-order valence-electron chi connectivity index (χ1n) is 8.64. The molecule has 0 spiro atoms. The van der Waals surface area contributed by atoms with Gasteiger partial charge in [-0.2, -0.15) is 0 Å². The normalized spacial score (nSPS) is 14.2. The first kappa shape index (κ1) is 21.5. The summed E-state index contributed by atoms with van der Waals surface area (Å²) >= 11 is 0. The average Bonchev–Trinajstić information content (AvgIpc) is 2.70. The fourth-order valence-electron chi connectivity index (χ4n) is 2.65. The Bertz CT molecular complexity index is 796. The van der Waals surface area contributed by atoms with E-state index in [1.807, 2.05) is 54.6 Å². The number of halogens is 2. The van der Waals surface area contributed by atoms with Gasteiger partial charge in [0.25, 0.3) is 12.3 Å². The van der Waals surface area contributed by atoms with Gasteiger partial charge in [0.05, 0.1) is 0 Å². The number of hydrogen-bond acceptors (Lipinski definition) is 4. The molecule has 0 heterocycles. The molecule has 0 radical (unpaired) electrons. The van der Waals surface area contributed by atoms with E-state index in [0.717, 1.165) is 16.7 Å². The molecule has 2 aromatic rings. The molecule has 2 amide bonds. The third-order valence-corrected chi connectivity index (χ3v) is 4.41. The zero-order valence-electron chi connectivity index (χ0n) is 15.2. The van der Waals surface area contributed by atoms with Crippen LogP contribution in [0.3, 0.4) is 0 Å². The number of carbonyl (C=O) groups is 2. The van der Waals surface area contributed by atoms with Gasteiger partial charge in [0.15, 0.2) is 5.60 Å². The molecule has 2 aromatic carbocycles. The Balaban J connectivity index is 1.98. The third-order valence-electron chi connectivity index (χ3n) is 4.41. The summed E-state index contributed by atoms with van der Waals surface area (Å²) in [7, 11) is 0. The molecule has 0 aliphatic rings. The lowest BCUT2D eigenvalue weighted by Gasteiger charge is -2.30. The first-order valence-corrected chi connectivity index (χ1v) is 8.64. The van der Waals surface area contributed by atoms with Crippen molar-refractivity contribution in [2.45, 2.75) is 37.8 Å². The van der Waals surface area contributed by atoms with E-state index in [2.05, 4.69) is 5.32 Å². The van der Waals surface area contributed by atoms with Gasteiger partial charge in [-0.25, -0.2) is 14.3 Å². The van der Waals surface area contributed by atoms with E-state index >= 15 is 0 Å². The lowest BCUT2D eigenvalue weighted by atomic mass is 9.95. The quantitative estimate of drug-likeness (QED) is 0.409. The van der Waals surface area contributed by atoms with Gasteiger partial charge >= 0.3 is 0 Å². The van der Waals surface area contributed by atoms with Crippen molar-refractivity contribution in [1.82, 2.24) is 10.8 Å². The Morgan fingerprint density at radius 3 is 2.14 bits per heavy atom. The van der Waals surface area contributed by atoms with Gasteiger partial charge in [-0.3, -0.25) is 14.8 Å². The molecule has 8 heteroatoms. The molecule has 2 atom stereocenters. The Morgan fingerprint density at radius 2 is 1.61 bits per heavy atom. The number of carbonyl (C=O) groups excluding carboxylic acids is 2. The van der Waals surface area contributed by atoms with E-state index in [1.54, 1.807) is 0 Å². The van der Waals surface area contributed by atoms with E-state index in [0.29, 0.717) is 13.3 Å². The van der Waals surface area contributed by atoms with Crippen LogP contribution in [0.25, 0.3) is 11.1 Å². The lowest BCUT2D eigenvalue weighted by Crippen LogP contribution is -2.61. The standard InChI is InChI=1S/C20H22F2N2O4/c1-20(27,19(21)22)17(18(26)24-28)23-16(25)12-9-13-7-10-15(11-8-13)14-5-3-2-4-6-14/h2-8,10-11,17,19,27-28H,9,12H2,1H3,(H,23,25)(H,24,26). The zero-order valence-corrected chi connectivity index (χ0v) is 15.2. The summed E-state index contributed by atoms with van der Waals surface area (Å²) in [6.07, 6.45) is -3.08. The molecule has 150 valence electrons. The molecular weight excluding hydrogens is 370 g/mol. The van der Waals surface area contributed by atoms with Gasteiger partial charge in [0.2, 0.25) is 5.91 Å². The third kappa shape index (κ3) is 5.34. The van der Waals surface area contributed by atoms with Crippen molar-refractivity contribution in [1.29, 1.82) is 0 Å². The highest BCUT2D eigenvalue weighted by atomic mass is 19.3. The molecule has 0 saturated heterocycles. The summed E-state index contributed by atoms with van der Waals surface area (Å²) in [5.74, 6) is -2.03.